The van der Waals surface area contributed by atoms with Gasteiger partial charge in [0.25, 0.3) is 11.8 Å². The van der Waals surface area contributed by atoms with Crippen LogP contribution < -0.4 is 15.5 Å². The van der Waals surface area contributed by atoms with Crippen LogP contribution >= 0.6 is 23.2 Å². The number of hydrogen-bond acceptors (Lipinski definition) is 7. The minimum Gasteiger partial charge on any atom is -0.507 e. The minimum absolute atomic E-state index is 0.138. The second kappa shape index (κ2) is 10.9. The molecule has 0 bridgehead atoms. The quantitative estimate of drug-likeness (QED) is 0.241. The molecule has 46 heavy (non-hydrogen) atoms. The molecule has 6 atom stereocenters. The lowest BCUT2D eigenvalue weighted by atomic mass is 9.49. The van der Waals surface area contributed by atoms with Crippen LogP contribution in [0.5, 0.6) is 11.5 Å². The molecule has 3 N–H and O–H groups in total. The summed E-state index contributed by atoms with van der Waals surface area (Å²) in [5.41, 5.74) is 5.22. The average molecular weight is 661 g/mol. The van der Waals surface area contributed by atoms with Crippen LogP contribution in [0.2, 0.25) is 10.0 Å². The summed E-state index contributed by atoms with van der Waals surface area (Å²) in [7, 11) is 1.55. The number of anilines is 1. The largest absolute Gasteiger partial charge is 0.507 e. The highest BCUT2D eigenvalue weighted by atomic mass is 35.5. The van der Waals surface area contributed by atoms with E-state index in [1.54, 1.807) is 57.4 Å². The average Bonchev–Trinajstić information content (AvgIpc) is 3.44. The fourth-order valence-corrected chi connectivity index (χ4v) is 8.74. The molecule has 3 aromatic carbocycles. The molecule has 3 aromatic rings. The van der Waals surface area contributed by atoms with Crippen molar-refractivity contribution in [2.45, 2.75) is 38.0 Å². The molecule has 2 heterocycles. The fourth-order valence-electron chi connectivity index (χ4n) is 8.29. The Labute approximate surface area is 275 Å². The molecule has 2 aliphatic carbocycles. The van der Waals surface area contributed by atoms with Gasteiger partial charge in [0, 0.05) is 10.9 Å². The number of hydrazine groups is 1. The molecule has 9 nitrogen and oxygen atoms in total. The van der Waals surface area contributed by atoms with Crippen LogP contribution in [0.1, 0.15) is 41.0 Å². The lowest BCUT2D eigenvalue weighted by Gasteiger charge is -2.50. The number of carbonyl (C=O) groups excluding carboxylic acids is 4. The number of aryl methyl sites for hydroxylation is 2. The first-order valence-electron chi connectivity index (χ1n) is 15.1. The van der Waals surface area contributed by atoms with Crippen LogP contribution in [0.25, 0.3) is 0 Å². The first-order valence-corrected chi connectivity index (χ1v) is 15.8. The molecule has 4 aliphatic rings. The second-order valence-corrected chi connectivity index (χ2v) is 13.4. The van der Waals surface area contributed by atoms with E-state index >= 15 is 4.79 Å². The van der Waals surface area contributed by atoms with Crippen molar-refractivity contribution in [3.05, 3.63) is 98.5 Å². The molecular formula is C35H31Cl2N3O6. The van der Waals surface area contributed by atoms with Gasteiger partial charge in [-0.15, -0.1) is 0 Å². The maximum atomic E-state index is 15.2. The van der Waals surface area contributed by atoms with Crippen molar-refractivity contribution in [2.24, 2.45) is 23.7 Å². The second-order valence-electron chi connectivity index (χ2n) is 12.6. The highest BCUT2D eigenvalue weighted by Gasteiger charge is 2.70. The topological polar surface area (TPSA) is 125 Å². The van der Waals surface area contributed by atoms with Crippen LogP contribution in [-0.4, -0.2) is 40.9 Å². The number of fused-ring (bicyclic) bond motifs is 4. The molecule has 0 aromatic heterocycles. The Bertz CT molecular complexity index is 1850. The zero-order valence-corrected chi connectivity index (χ0v) is 26.8. The van der Waals surface area contributed by atoms with Crippen LogP contribution in [-0.2, 0) is 24.6 Å². The summed E-state index contributed by atoms with van der Waals surface area (Å²) in [6.45, 7) is 3.58. The number of allylic oxidation sites excluding steroid dienone is 2. The Hall–Kier alpha value is -4.34. The number of hydrogen-bond donors (Lipinski definition) is 3. The number of amides is 4. The molecular weight excluding hydrogens is 629 g/mol. The third-order valence-electron chi connectivity index (χ3n) is 10.3. The molecule has 11 heteroatoms. The van der Waals surface area contributed by atoms with Crippen LogP contribution in [0, 0.1) is 37.5 Å². The number of rotatable bonds is 5. The molecule has 0 spiro atoms. The Kier molecular flexibility index (Phi) is 7.17. The molecule has 2 aliphatic heterocycles. The molecule has 0 radical (unpaired) electrons. The van der Waals surface area contributed by atoms with Crippen LogP contribution in [0.15, 0.2) is 66.2 Å². The van der Waals surface area contributed by atoms with E-state index < -0.39 is 46.8 Å². The van der Waals surface area contributed by atoms with Gasteiger partial charge in [0.05, 0.1) is 41.0 Å². The summed E-state index contributed by atoms with van der Waals surface area (Å²) in [6.07, 6.45) is 2.48. The highest BCUT2D eigenvalue weighted by Crippen LogP contribution is 2.64. The zero-order chi connectivity index (χ0) is 32.7. The zero-order valence-electron chi connectivity index (χ0n) is 25.3. The SMILES string of the molecule is COc1ccc([C@@]23C(=O)N(Nc4ccc(Cl)cc4Cl)C(=O)[C@@H]2C[C@@H]2C(=CC[C@@H]4C(=O)NC(=O)[C@@H]42)[C@@H]3c2cc(C)c(O)c(C)c2)cc1. The van der Waals surface area contributed by atoms with Gasteiger partial charge in [-0.05, 0) is 85.2 Å². The predicted molar refractivity (Wildman–Crippen MR) is 171 cm³/mol. The monoisotopic (exact) mass is 659 g/mol. The number of methoxy groups -OCH3 is 1. The van der Waals surface area contributed by atoms with Gasteiger partial charge < -0.3 is 9.84 Å². The number of benzene rings is 3. The van der Waals surface area contributed by atoms with Gasteiger partial charge in [0.2, 0.25) is 11.8 Å². The Morgan fingerprint density at radius 2 is 1.65 bits per heavy atom. The van der Waals surface area contributed by atoms with E-state index in [1.807, 2.05) is 18.2 Å². The molecule has 7 rings (SSSR count). The summed E-state index contributed by atoms with van der Waals surface area (Å²) in [6, 6.07) is 15.5. The van der Waals surface area contributed by atoms with Crippen molar-refractivity contribution in [3.8, 4) is 11.5 Å². The maximum absolute atomic E-state index is 15.2. The number of ether oxygens (including phenoxy) is 1. The summed E-state index contributed by atoms with van der Waals surface area (Å²) in [5.74, 6) is -4.25. The number of halogens is 2. The number of nitrogens with zero attached hydrogens (tertiary/aromatic N) is 1. The van der Waals surface area contributed by atoms with E-state index in [0.29, 0.717) is 39.6 Å². The highest BCUT2D eigenvalue weighted by molar-refractivity contribution is 6.36. The predicted octanol–water partition coefficient (Wildman–Crippen LogP) is 5.60. The van der Waals surface area contributed by atoms with Crippen LogP contribution in [0.4, 0.5) is 5.69 Å². The van der Waals surface area contributed by atoms with Crippen molar-refractivity contribution < 1.29 is 29.0 Å². The van der Waals surface area contributed by atoms with E-state index in [9.17, 15) is 19.5 Å². The van der Waals surface area contributed by atoms with Gasteiger partial charge >= 0.3 is 0 Å². The van der Waals surface area contributed by atoms with E-state index in [-0.39, 0.29) is 29.0 Å². The molecule has 236 valence electrons. The normalized spacial score (nSPS) is 28.3. The maximum Gasteiger partial charge on any atom is 0.260 e. The Morgan fingerprint density at radius 3 is 2.30 bits per heavy atom. The Morgan fingerprint density at radius 1 is 0.957 bits per heavy atom. The van der Waals surface area contributed by atoms with E-state index in [2.05, 4.69) is 10.7 Å². The first-order chi connectivity index (χ1) is 22.0. The van der Waals surface area contributed by atoms with Crippen molar-refractivity contribution in [1.29, 1.82) is 0 Å². The van der Waals surface area contributed by atoms with Gasteiger partial charge in [-0.2, -0.15) is 5.01 Å². The number of phenolic OH excluding ortho intramolecular Hbond substituents is 1. The van der Waals surface area contributed by atoms with Gasteiger partial charge in [0.15, 0.2) is 0 Å². The first kappa shape index (κ1) is 30.3. The van der Waals surface area contributed by atoms with E-state index in [1.165, 1.54) is 6.07 Å². The number of imide groups is 2. The van der Waals surface area contributed by atoms with Crippen molar-refractivity contribution in [2.75, 3.05) is 12.5 Å². The van der Waals surface area contributed by atoms with E-state index in [0.717, 1.165) is 16.1 Å². The minimum atomic E-state index is -1.46. The number of aromatic hydroxyl groups is 1. The lowest BCUT2D eigenvalue weighted by molar-refractivity contribution is -0.138. The number of phenols is 1. The van der Waals surface area contributed by atoms with Crippen molar-refractivity contribution in [3.63, 3.8) is 0 Å². The summed E-state index contributed by atoms with van der Waals surface area (Å²) < 4.78 is 5.43. The van der Waals surface area contributed by atoms with Crippen molar-refractivity contribution >= 4 is 52.5 Å². The summed E-state index contributed by atoms with van der Waals surface area (Å²) in [4.78, 5) is 55.9. The van der Waals surface area contributed by atoms with Gasteiger partial charge in [0.1, 0.15) is 11.5 Å². The summed E-state index contributed by atoms with van der Waals surface area (Å²) >= 11 is 12.6. The van der Waals surface area contributed by atoms with Crippen LogP contribution in [0.3, 0.4) is 0 Å². The van der Waals surface area contributed by atoms with Crippen molar-refractivity contribution in [1.82, 2.24) is 10.3 Å². The third-order valence-corrected chi connectivity index (χ3v) is 10.8. The molecule has 2 saturated heterocycles. The van der Waals surface area contributed by atoms with Gasteiger partial charge in [-0.3, -0.25) is 29.9 Å². The number of carbonyl (C=O) groups is 4. The standard InChI is InChI=1S/C35H31Cl2N3O6/c1-16-12-18(13-17(2)30(16)41)29-22-9-10-23-28(32(43)38-31(23)42)24(22)15-25-33(44)40(39-27-11-6-20(36)14-26(27)37)34(45)35(25,29)19-4-7-21(46-3)8-5-19/h4-9,11-14,23-25,28-29,39,41H,10,15H2,1-3H3,(H,38,42,43)/t23-,24+,25-,28-,29-,35+/m0/s1. The smallest absolute Gasteiger partial charge is 0.260 e. The van der Waals surface area contributed by atoms with E-state index in [4.69, 9.17) is 27.9 Å². The third kappa shape index (κ3) is 4.28. The molecule has 1 saturated carbocycles. The summed E-state index contributed by atoms with van der Waals surface area (Å²) in [5, 5.41) is 14.9. The van der Waals surface area contributed by atoms with Gasteiger partial charge in [-0.25, -0.2) is 0 Å². The van der Waals surface area contributed by atoms with Gasteiger partial charge in [-0.1, -0.05) is 59.1 Å². The molecule has 3 fully saturated rings. The fraction of sp³-hybridized carbons (Fsp3) is 0.314. The lowest BCUT2D eigenvalue weighted by Crippen LogP contribution is -2.53. The number of nitrogens with one attached hydrogen (secondary N) is 2. The Balaban J connectivity index is 1.49. The molecule has 4 amide bonds. The molecule has 0 unspecified atom stereocenters.